The van der Waals surface area contributed by atoms with E-state index in [0.29, 0.717) is 30.5 Å². The molecule has 2 aromatic carbocycles. The first kappa shape index (κ1) is 39.7. The van der Waals surface area contributed by atoms with E-state index in [0.717, 1.165) is 18.8 Å². The number of hydrogen-bond donors (Lipinski definition) is 2. The maximum atomic E-state index is 14.8. The maximum Gasteiger partial charge on any atom is 0.313 e. The van der Waals surface area contributed by atoms with E-state index < -0.39 is 47.7 Å². The summed E-state index contributed by atoms with van der Waals surface area (Å²) in [5, 5.41) is 12.8. The van der Waals surface area contributed by atoms with E-state index in [1.807, 2.05) is 54.6 Å². The van der Waals surface area contributed by atoms with Gasteiger partial charge < -0.3 is 39.3 Å². The molecule has 53 heavy (non-hydrogen) atoms. The van der Waals surface area contributed by atoms with Gasteiger partial charge >= 0.3 is 5.97 Å². The van der Waals surface area contributed by atoms with E-state index in [-0.39, 0.29) is 56.9 Å². The van der Waals surface area contributed by atoms with Gasteiger partial charge in [0.15, 0.2) is 0 Å². The highest BCUT2D eigenvalue weighted by Gasteiger charge is 2.75. The predicted octanol–water partition coefficient (Wildman–Crippen LogP) is 4.19. The topological polar surface area (TPSA) is 138 Å². The van der Waals surface area contributed by atoms with Gasteiger partial charge in [0, 0.05) is 57.7 Å². The molecule has 7 atom stereocenters. The molecule has 12 nitrogen and oxygen atoms in total. The quantitative estimate of drug-likeness (QED) is 0.152. The number of aliphatic hydroxyl groups excluding tert-OH is 1. The molecule has 286 valence electrons. The van der Waals surface area contributed by atoms with E-state index >= 15 is 0 Å². The number of methoxy groups -OCH3 is 1. The average molecular weight is 731 g/mol. The first-order valence-corrected chi connectivity index (χ1v) is 18.7. The second kappa shape index (κ2) is 18.0. The third-order valence-electron chi connectivity index (χ3n) is 10.7. The molecule has 3 saturated heterocycles. The van der Waals surface area contributed by atoms with Gasteiger partial charge in [-0.05, 0) is 69.4 Å². The fraction of sp³-hybridized carbons (Fsp3) is 0.512. The molecule has 0 unspecified atom stereocenters. The number of hydrogen-bond acceptors (Lipinski definition) is 9. The smallest absolute Gasteiger partial charge is 0.313 e. The SMILES string of the molecule is C=CCCC(=O)N[C@H](COC)[C@H](OC(=O)[C@@H]1[C@@H]2CC[C@]3(O2)[C@H](C(=O)N(CC=C)c2ccc(N(CC)CC)cc2)N(CCCO)C(=O)[C@@H]13)c1ccccc1. The number of carbonyl (C=O) groups excluding carboxylic acids is 4. The number of carbonyl (C=O) groups is 4. The number of ether oxygens (including phenoxy) is 3. The number of esters is 1. The molecule has 2 N–H and O–H groups in total. The molecule has 2 bridgehead atoms. The van der Waals surface area contributed by atoms with Crippen molar-refractivity contribution in [1.82, 2.24) is 10.2 Å². The summed E-state index contributed by atoms with van der Waals surface area (Å²) >= 11 is 0. The molecule has 1 spiro atoms. The summed E-state index contributed by atoms with van der Waals surface area (Å²) in [5.74, 6) is -3.57. The van der Waals surface area contributed by atoms with Crippen LogP contribution in [0.1, 0.15) is 57.6 Å². The van der Waals surface area contributed by atoms with Gasteiger partial charge in [-0.25, -0.2) is 0 Å². The zero-order chi connectivity index (χ0) is 38.1. The summed E-state index contributed by atoms with van der Waals surface area (Å²) in [6.07, 6.45) is 3.51. The van der Waals surface area contributed by atoms with Crippen molar-refractivity contribution in [2.75, 3.05) is 56.3 Å². The van der Waals surface area contributed by atoms with Crippen molar-refractivity contribution in [2.24, 2.45) is 11.8 Å². The molecule has 5 rings (SSSR count). The van der Waals surface area contributed by atoms with Gasteiger partial charge in [-0.1, -0.05) is 42.5 Å². The van der Waals surface area contributed by atoms with Crippen LogP contribution in [0.15, 0.2) is 79.9 Å². The zero-order valence-electron chi connectivity index (χ0n) is 31.2. The Bertz CT molecular complexity index is 1600. The van der Waals surface area contributed by atoms with E-state index in [4.69, 9.17) is 14.2 Å². The van der Waals surface area contributed by atoms with Crippen molar-refractivity contribution >= 4 is 35.1 Å². The Morgan fingerprint density at radius 1 is 1.08 bits per heavy atom. The molecule has 12 heteroatoms. The number of anilines is 2. The summed E-state index contributed by atoms with van der Waals surface area (Å²) in [6, 6.07) is 15.1. The molecule has 3 fully saturated rings. The molecule has 3 aliphatic heterocycles. The van der Waals surface area contributed by atoms with Crippen LogP contribution in [0.4, 0.5) is 11.4 Å². The van der Waals surface area contributed by atoms with Crippen LogP contribution in [0.25, 0.3) is 0 Å². The summed E-state index contributed by atoms with van der Waals surface area (Å²) in [4.78, 5) is 62.0. The molecule has 0 aliphatic carbocycles. The summed E-state index contributed by atoms with van der Waals surface area (Å²) < 4.78 is 18.4. The Labute approximate surface area is 312 Å². The number of nitrogens with zero attached hydrogens (tertiary/aromatic N) is 3. The van der Waals surface area contributed by atoms with Crippen molar-refractivity contribution in [3.05, 3.63) is 85.5 Å². The Balaban J connectivity index is 1.48. The van der Waals surface area contributed by atoms with Crippen LogP contribution in [0.2, 0.25) is 0 Å². The van der Waals surface area contributed by atoms with E-state index in [1.165, 1.54) is 12.0 Å². The van der Waals surface area contributed by atoms with Crippen LogP contribution in [0, 0.1) is 11.8 Å². The van der Waals surface area contributed by atoms with Crippen LogP contribution in [0.3, 0.4) is 0 Å². The van der Waals surface area contributed by atoms with Gasteiger partial charge in [-0.2, -0.15) is 0 Å². The normalized spacial score (nSPS) is 23.9. The van der Waals surface area contributed by atoms with Crippen LogP contribution < -0.4 is 15.1 Å². The Hall–Kier alpha value is -4.52. The van der Waals surface area contributed by atoms with Gasteiger partial charge in [-0.15, -0.1) is 13.2 Å². The molecule has 3 aliphatic rings. The van der Waals surface area contributed by atoms with Gasteiger partial charge in [-0.3, -0.25) is 19.2 Å². The maximum absolute atomic E-state index is 14.8. The number of nitrogens with one attached hydrogen (secondary N) is 1. The number of benzene rings is 2. The van der Waals surface area contributed by atoms with E-state index in [1.54, 1.807) is 17.1 Å². The minimum Gasteiger partial charge on any atom is -0.455 e. The van der Waals surface area contributed by atoms with Crippen molar-refractivity contribution in [3.63, 3.8) is 0 Å². The van der Waals surface area contributed by atoms with Crippen LogP contribution >= 0.6 is 0 Å². The number of likely N-dealkylation sites (tertiary alicyclic amines) is 1. The summed E-state index contributed by atoms with van der Waals surface area (Å²) in [6.45, 7) is 13.6. The van der Waals surface area contributed by atoms with Crippen molar-refractivity contribution < 1.29 is 38.5 Å². The van der Waals surface area contributed by atoms with Crippen LogP contribution in [0.5, 0.6) is 0 Å². The fourth-order valence-corrected chi connectivity index (χ4v) is 8.34. The van der Waals surface area contributed by atoms with E-state index in [2.05, 4.69) is 37.2 Å². The van der Waals surface area contributed by atoms with Gasteiger partial charge in [0.2, 0.25) is 11.8 Å². The van der Waals surface area contributed by atoms with Gasteiger partial charge in [0.25, 0.3) is 5.91 Å². The second-order valence-corrected chi connectivity index (χ2v) is 13.8. The minimum atomic E-state index is -1.27. The molecule has 0 aromatic heterocycles. The third-order valence-corrected chi connectivity index (χ3v) is 10.7. The monoisotopic (exact) mass is 730 g/mol. The number of allylic oxidation sites excluding steroid dienone is 1. The van der Waals surface area contributed by atoms with E-state index in [9.17, 15) is 24.3 Å². The number of amides is 3. The highest BCUT2D eigenvalue weighted by atomic mass is 16.6. The highest BCUT2D eigenvalue weighted by molar-refractivity contribution is 6.04. The first-order chi connectivity index (χ1) is 25.7. The van der Waals surface area contributed by atoms with Crippen molar-refractivity contribution in [1.29, 1.82) is 0 Å². The molecule has 2 aromatic rings. The van der Waals surface area contributed by atoms with Gasteiger partial charge in [0.05, 0.1) is 30.6 Å². The predicted molar refractivity (Wildman–Crippen MR) is 202 cm³/mol. The van der Waals surface area contributed by atoms with Gasteiger partial charge in [0.1, 0.15) is 17.7 Å². The lowest BCUT2D eigenvalue weighted by atomic mass is 9.70. The summed E-state index contributed by atoms with van der Waals surface area (Å²) in [7, 11) is 1.50. The van der Waals surface area contributed by atoms with Crippen molar-refractivity contribution in [3.8, 4) is 0 Å². The average Bonchev–Trinajstić information content (AvgIpc) is 3.82. The number of fused-ring (bicyclic) bond motifs is 1. The second-order valence-electron chi connectivity index (χ2n) is 13.8. The molecule has 3 heterocycles. The van der Waals surface area contributed by atoms with Crippen molar-refractivity contribution in [2.45, 2.75) is 75.8 Å². The lowest BCUT2D eigenvalue weighted by Crippen LogP contribution is -2.56. The lowest BCUT2D eigenvalue weighted by Gasteiger charge is -2.37. The molecule has 3 amide bonds. The largest absolute Gasteiger partial charge is 0.455 e. The third kappa shape index (κ3) is 8.05. The molecular formula is C41H54N4O8. The highest BCUT2D eigenvalue weighted by Crippen LogP contribution is 2.59. The minimum absolute atomic E-state index is 0.0596. The Morgan fingerprint density at radius 3 is 2.40 bits per heavy atom. The standard InChI is InChI=1S/C41H54N4O8/c1-6-10-17-33(47)42-31(27-51-5)36(28-15-12-11-13-16-28)52-40(50)34-32-22-23-41(53-32)35(34)38(48)45(25-14-26-46)37(41)39(49)44(24-7-2)30-20-18-29(19-21-30)43(8-3)9-4/h6-7,11-13,15-16,18-21,31-32,34-37,46H,1-2,8-10,14,17,22-27H2,3-5H3,(H,42,47)/t31-,32+,34-,35-,36-,37+,41-/m1/s1. The number of aliphatic hydroxyl groups is 1. The summed E-state index contributed by atoms with van der Waals surface area (Å²) in [5.41, 5.74) is 1.05. The van der Waals surface area contributed by atoms with Crippen LogP contribution in [-0.4, -0.2) is 104 Å². The lowest BCUT2D eigenvalue weighted by molar-refractivity contribution is -0.163. The number of rotatable bonds is 20. The zero-order valence-corrected chi connectivity index (χ0v) is 31.2. The molecule has 0 saturated carbocycles. The Kier molecular flexibility index (Phi) is 13.5. The van der Waals surface area contributed by atoms with Crippen LogP contribution in [-0.2, 0) is 33.4 Å². The molecule has 0 radical (unpaired) electrons. The fourth-order valence-electron chi connectivity index (χ4n) is 8.34. The first-order valence-electron chi connectivity index (χ1n) is 18.7. The Morgan fingerprint density at radius 2 is 1.77 bits per heavy atom. The molecular weight excluding hydrogens is 676 g/mol.